The molecule has 0 fully saturated rings. The summed E-state index contributed by atoms with van der Waals surface area (Å²) in [5.41, 5.74) is 4.82. The summed E-state index contributed by atoms with van der Waals surface area (Å²) in [5.74, 6) is 0.643. The third-order valence-electron chi connectivity index (χ3n) is 5.57. The molecule has 0 bridgehead atoms. The molecule has 0 saturated heterocycles. The molecular weight excluding hydrogens is 380 g/mol. The van der Waals surface area contributed by atoms with Crippen LogP contribution in [0.5, 0.6) is 0 Å². The van der Waals surface area contributed by atoms with Crippen molar-refractivity contribution in [1.82, 2.24) is 14.6 Å². The number of hydrogen-bond donors (Lipinski definition) is 1. The van der Waals surface area contributed by atoms with Crippen LogP contribution in [0.3, 0.4) is 0 Å². The number of rotatable bonds is 2. The van der Waals surface area contributed by atoms with Crippen molar-refractivity contribution >= 4 is 49.5 Å². The van der Waals surface area contributed by atoms with Gasteiger partial charge in [-0.3, -0.25) is 4.79 Å². The Bertz CT molecular complexity index is 1500. The smallest absolute Gasteiger partial charge is 0.283 e. The standard InChI is InChI=1S/C23H20N4OS/c1-12-9-10-16(11-13(12)2)24-20-17-7-5-6-8-18(17)21-25-22-19(14(3)15(4)29-22)23(28)27(21)26-20/h5-11H,1-4H3,(H,24,26). The topological polar surface area (TPSA) is 59.3 Å². The zero-order valence-electron chi connectivity index (χ0n) is 16.7. The van der Waals surface area contributed by atoms with E-state index in [1.54, 1.807) is 11.3 Å². The van der Waals surface area contributed by atoms with Crippen molar-refractivity contribution in [1.29, 1.82) is 0 Å². The van der Waals surface area contributed by atoms with Gasteiger partial charge in [-0.2, -0.15) is 4.52 Å². The molecule has 0 aliphatic rings. The maximum Gasteiger partial charge on any atom is 0.283 e. The molecule has 1 N–H and O–H groups in total. The van der Waals surface area contributed by atoms with Gasteiger partial charge in [0.05, 0.1) is 5.39 Å². The Labute approximate surface area is 171 Å². The first kappa shape index (κ1) is 17.8. The van der Waals surface area contributed by atoms with Gasteiger partial charge in [0.1, 0.15) is 4.83 Å². The van der Waals surface area contributed by atoms with E-state index < -0.39 is 0 Å². The molecule has 5 aromatic rings. The van der Waals surface area contributed by atoms with Gasteiger partial charge in [0.2, 0.25) is 0 Å². The molecule has 0 saturated carbocycles. The molecule has 5 rings (SSSR count). The molecule has 0 amide bonds. The van der Waals surface area contributed by atoms with Gasteiger partial charge in [0.15, 0.2) is 11.5 Å². The quantitative estimate of drug-likeness (QED) is 0.401. The van der Waals surface area contributed by atoms with Crippen molar-refractivity contribution in [3.05, 3.63) is 74.4 Å². The summed E-state index contributed by atoms with van der Waals surface area (Å²) >= 11 is 1.56. The maximum atomic E-state index is 13.3. The third-order valence-corrected chi connectivity index (χ3v) is 6.67. The number of benzene rings is 2. The van der Waals surface area contributed by atoms with Crippen LogP contribution in [0.2, 0.25) is 0 Å². The number of fused-ring (bicyclic) bond motifs is 4. The van der Waals surface area contributed by atoms with Crippen LogP contribution in [-0.2, 0) is 0 Å². The van der Waals surface area contributed by atoms with Crippen molar-refractivity contribution in [2.45, 2.75) is 27.7 Å². The van der Waals surface area contributed by atoms with Gasteiger partial charge < -0.3 is 5.32 Å². The Morgan fingerprint density at radius 1 is 0.966 bits per heavy atom. The summed E-state index contributed by atoms with van der Waals surface area (Å²) in [6.45, 7) is 8.16. The highest BCUT2D eigenvalue weighted by atomic mass is 32.1. The van der Waals surface area contributed by atoms with Crippen molar-refractivity contribution in [3.8, 4) is 0 Å². The van der Waals surface area contributed by atoms with Gasteiger partial charge in [-0.25, -0.2) is 4.98 Å². The van der Waals surface area contributed by atoms with Crippen molar-refractivity contribution in [2.75, 3.05) is 5.32 Å². The van der Waals surface area contributed by atoms with E-state index in [1.165, 1.54) is 15.6 Å². The predicted octanol–water partition coefficient (Wildman–Crippen LogP) is 5.43. The molecule has 0 atom stereocenters. The summed E-state index contributed by atoms with van der Waals surface area (Å²) in [5, 5.41) is 10.6. The second-order valence-electron chi connectivity index (χ2n) is 7.43. The summed E-state index contributed by atoms with van der Waals surface area (Å²) < 4.78 is 1.44. The number of anilines is 2. The number of aromatic nitrogens is 3. The zero-order valence-corrected chi connectivity index (χ0v) is 17.5. The highest BCUT2D eigenvalue weighted by Crippen LogP contribution is 2.30. The Morgan fingerprint density at radius 2 is 1.72 bits per heavy atom. The second-order valence-corrected chi connectivity index (χ2v) is 8.64. The normalized spacial score (nSPS) is 11.6. The third kappa shape index (κ3) is 2.71. The molecule has 3 aromatic heterocycles. The van der Waals surface area contributed by atoms with Gasteiger partial charge in [-0.1, -0.05) is 30.3 Å². The van der Waals surface area contributed by atoms with Crippen LogP contribution >= 0.6 is 11.3 Å². The first-order valence-corrected chi connectivity index (χ1v) is 10.3. The largest absolute Gasteiger partial charge is 0.338 e. The van der Waals surface area contributed by atoms with Gasteiger partial charge in [-0.05, 0) is 56.5 Å². The van der Waals surface area contributed by atoms with Crippen LogP contribution < -0.4 is 10.9 Å². The Morgan fingerprint density at radius 3 is 2.48 bits per heavy atom. The SMILES string of the molecule is Cc1ccc(Nc2nn3c(=O)c4c(C)c(C)sc4nc3c3ccccc23)cc1C. The molecule has 2 aromatic carbocycles. The molecule has 0 radical (unpaired) electrons. The zero-order chi connectivity index (χ0) is 20.3. The lowest BCUT2D eigenvalue weighted by Crippen LogP contribution is -2.19. The van der Waals surface area contributed by atoms with Gasteiger partial charge >= 0.3 is 0 Å². The minimum absolute atomic E-state index is 0.124. The minimum Gasteiger partial charge on any atom is -0.338 e. The molecule has 0 spiro atoms. The Kier molecular flexibility index (Phi) is 3.93. The maximum absolute atomic E-state index is 13.3. The second kappa shape index (κ2) is 6.39. The molecule has 0 unspecified atom stereocenters. The number of nitrogens with one attached hydrogen (secondary N) is 1. The highest BCUT2D eigenvalue weighted by molar-refractivity contribution is 7.18. The van der Waals surface area contributed by atoms with Gasteiger partial charge in [0, 0.05) is 21.3 Å². The molecular formula is C23H20N4OS. The Hall–Kier alpha value is -3.25. The van der Waals surface area contributed by atoms with Crippen LogP contribution in [0.25, 0.3) is 26.6 Å². The first-order chi connectivity index (χ1) is 13.9. The number of thiophene rings is 1. The van der Waals surface area contributed by atoms with Gasteiger partial charge in [0.25, 0.3) is 5.56 Å². The molecule has 5 nitrogen and oxygen atoms in total. The number of aryl methyl sites for hydroxylation is 4. The fraction of sp³-hybridized carbons (Fsp3) is 0.174. The molecule has 0 aliphatic carbocycles. The van der Waals surface area contributed by atoms with E-state index in [0.29, 0.717) is 16.9 Å². The van der Waals surface area contributed by atoms with Crippen LogP contribution in [0.15, 0.2) is 47.3 Å². The van der Waals surface area contributed by atoms with Crippen LogP contribution in [-0.4, -0.2) is 14.6 Å². The highest BCUT2D eigenvalue weighted by Gasteiger charge is 2.17. The monoisotopic (exact) mass is 400 g/mol. The van der Waals surface area contributed by atoms with Crippen LogP contribution in [0.4, 0.5) is 11.5 Å². The lowest BCUT2D eigenvalue weighted by atomic mass is 10.1. The molecule has 144 valence electrons. The Balaban J connectivity index is 1.84. The van der Waals surface area contributed by atoms with Gasteiger partial charge in [-0.15, -0.1) is 16.4 Å². The predicted molar refractivity (Wildman–Crippen MR) is 121 cm³/mol. The molecule has 29 heavy (non-hydrogen) atoms. The van der Waals surface area contributed by atoms with Crippen molar-refractivity contribution in [2.24, 2.45) is 0 Å². The van der Waals surface area contributed by atoms with E-state index in [-0.39, 0.29) is 5.56 Å². The summed E-state index contributed by atoms with van der Waals surface area (Å²) in [6.07, 6.45) is 0. The van der Waals surface area contributed by atoms with E-state index in [1.807, 2.05) is 44.2 Å². The number of hydrogen-bond acceptors (Lipinski definition) is 5. The van der Waals surface area contributed by atoms with E-state index in [9.17, 15) is 4.79 Å². The average molecular weight is 401 g/mol. The lowest BCUT2D eigenvalue weighted by molar-refractivity contribution is 0.898. The van der Waals surface area contributed by atoms with E-state index >= 15 is 0 Å². The minimum atomic E-state index is -0.124. The van der Waals surface area contributed by atoms with E-state index in [4.69, 9.17) is 4.98 Å². The lowest BCUT2D eigenvalue weighted by Gasteiger charge is -2.12. The first-order valence-electron chi connectivity index (χ1n) is 9.50. The van der Waals surface area contributed by atoms with E-state index in [2.05, 4.69) is 36.4 Å². The summed E-state index contributed by atoms with van der Waals surface area (Å²) in [4.78, 5) is 20.0. The summed E-state index contributed by atoms with van der Waals surface area (Å²) in [7, 11) is 0. The van der Waals surface area contributed by atoms with Crippen LogP contribution in [0, 0.1) is 27.7 Å². The average Bonchev–Trinajstić information content (AvgIpc) is 3.00. The van der Waals surface area contributed by atoms with Crippen molar-refractivity contribution in [3.63, 3.8) is 0 Å². The molecule has 0 aliphatic heterocycles. The molecule has 3 heterocycles. The van der Waals surface area contributed by atoms with Crippen LogP contribution in [0.1, 0.15) is 21.6 Å². The summed E-state index contributed by atoms with van der Waals surface area (Å²) in [6, 6.07) is 14.1. The van der Waals surface area contributed by atoms with E-state index in [0.717, 1.165) is 31.7 Å². The fourth-order valence-electron chi connectivity index (χ4n) is 3.64. The fourth-order valence-corrected chi connectivity index (χ4v) is 4.66. The van der Waals surface area contributed by atoms with Crippen molar-refractivity contribution < 1.29 is 0 Å². The number of nitrogens with zero attached hydrogens (tertiary/aromatic N) is 3. The molecule has 6 heteroatoms.